The van der Waals surface area contributed by atoms with E-state index in [0.29, 0.717) is 33.1 Å². The number of carbonyl (C=O) groups is 2. The maximum atomic E-state index is 13.3. The quantitative estimate of drug-likeness (QED) is 0.290. The van der Waals surface area contributed by atoms with Gasteiger partial charge in [-0.1, -0.05) is 59.2 Å². The molecular weight excluding hydrogens is 506 g/mol. The highest BCUT2D eigenvalue weighted by Gasteiger charge is 2.23. The fourth-order valence-corrected chi connectivity index (χ4v) is 4.16. The molecule has 1 atom stereocenters. The van der Waals surface area contributed by atoms with Crippen LogP contribution in [-0.4, -0.2) is 43.2 Å². The second-order valence-electron chi connectivity index (χ2n) is 8.51. The number of hydrogen-bond acceptors (Lipinski definition) is 7. The van der Waals surface area contributed by atoms with Crippen LogP contribution >= 0.6 is 11.6 Å². The van der Waals surface area contributed by atoms with E-state index in [0.717, 1.165) is 11.1 Å². The number of hydrogen-bond donors (Lipinski definition) is 2. The van der Waals surface area contributed by atoms with Gasteiger partial charge in [0.1, 0.15) is 12.4 Å². The second-order valence-corrected chi connectivity index (χ2v) is 8.95. The summed E-state index contributed by atoms with van der Waals surface area (Å²) in [5.41, 5.74) is 3.63. The van der Waals surface area contributed by atoms with Gasteiger partial charge in [0.25, 0.3) is 0 Å². The van der Waals surface area contributed by atoms with Crippen LogP contribution in [0.2, 0.25) is 5.02 Å². The molecule has 0 saturated carbocycles. The highest BCUT2D eigenvalue weighted by Crippen LogP contribution is 2.25. The maximum absolute atomic E-state index is 13.3. The average Bonchev–Trinajstić information content (AvgIpc) is 3.59. The molecule has 0 aliphatic heterocycles. The third kappa shape index (κ3) is 5.60. The molecule has 0 aliphatic rings. The van der Waals surface area contributed by atoms with Crippen molar-refractivity contribution in [1.29, 1.82) is 0 Å². The maximum Gasteiger partial charge on any atom is 0.248 e. The molecule has 10 nitrogen and oxygen atoms in total. The lowest BCUT2D eigenvalue weighted by Gasteiger charge is -2.17. The Labute approximate surface area is 222 Å². The number of aryl methyl sites for hydroxylation is 1. The number of halogens is 1. The first-order chi connectivity index (χ1) is 18.5. The molecule has 0 spiro atoms. The molecule has 0 radical (unpaired) electrons. The summed E-state index contributed by atoms with van der Waals surface area (Å²) in [6.45, 7) is 1.90. The number of carbonyl (C=O) groups excluding carboxylic acids is 2. The third-order valence-electron chi connectivity index (χ3n) is 5.85. The zero-order valence-electron chi connectivity index (χ0n) is 20.2. The van der Waals surface area contributed by atoms with Gasteiger partial charge in [0.05, 0.1) is 11.1 Å². The van der Waals surface area contributed by atoms with Gasteiger partial charge in [-0.15, -0.1) is 5.10 Å². The lowest BCUT2D eigenvalue weighted by molar-refractivity contribution is -0.123. The van der Waals surface area contributed by atoms with Crippen LogP contribution in [0.1, 0.15) is 16.7 Å². The second kappa shape index (κ2) is 11.1. The Bertz CT molecular complexity index is 1610. The summed E-state index contributed by atoms with van der Waals surface area (Å²) in [5, 5.41) is 22.0. The lowest BCUT2D eigenvalue weighted by atomic mass is 10.0. The van der Waals surface area contributed by atoms with Crippen LogP contribution < -0.4 is 10.6 Å². The van der Waals surface area contributed by atoms with E-state index in [9.17, 15) is 9.59 Å². The van der Waals surface area contributed by atoms with Gasteiger partial charge in [-0.3, -0.25) is 9.59 Å². The summed E-state index contributed by atoms with van der Waals surface area (Å²) in [6.07, 6.45) is 4.63. The number of rotatable bonds is 8. The molecule has 0 bridgehead atoms. The summed E-state index contributed by atoms with van der Waals surface area (Å²) in [4.78, 5) is 26.3. The first kappa shape index (κ1) is 24.8. The fourth-order valence-electron chi connectivity index (χ4n) is 3.98. The van der Waals surface area contributed by atoms with Crippen LogP contribution in [0, 0.1) is 6.92 Å². The Hall–Kier alpha value is -4.83. The van der Waals surface area contributed by atoms with Crippen molar-refractivity contribution in [2.24, 2.45) is 0 Å². The Balaban J connectivity index is 1.37. The molecule has 2 amide bonds. The standard InChI is InChI=1S/C27H22ClN7O3/c1-17-6-5-9-21-25(17)38-32-26(21)31-27(37)22(14-18-7-3-2-4-8-18)30-24(36)13-10-19-15-20(28)11-12-23(19)35-16-29-33-34-35/h2-13,15-16,22H,14H2,1H3,(H,30,36)(H,31,32,37)/b13-10+/t22-/m0/s1. The summed E-state index contributed by atoms with van der Waals surface area (Å²) in [6, 6.07) is 19.2. The highest BCUT2D eigenvalue weighted by molar-refractivity contribution is 6.30. The first-order valence-corrected chi connectivity index (χ1v) is 12.1. The van der Waals surface area contributed by atoms with Crippen LogP contribution in [0.4, 0.5) is 5.82 Å². The topological polar surface area (TPSA) is 128 Å². The van der Waals surface area contributed by atoms with Crippen LogP contribution in [0.25, 0.3) is 22.7 Å². The van der Waals surface area contributed by atoms with E-state index < -0.39 is 17.9 Å². The molecule has 0 fully saturated rings. The lowest BCUT2D eigenvalue weighted by Crippen LogP contribution is -2.44. The molecule has 2 N–H and O–H groups in total. The number of nitrogens with zero attached hydrogens (tertiary/aromatic N) is 5. The van der Waals surface area contributed by atoms with Gasteiger partial charge in [-0.25, -0.2) is 0 Å². The Morgan fingerprint density at radius 2 is 1.95 bits per heavy atom. The van der Waals surface area contributed by atoms with Gasteiger partial charge in [0.15, 0.2) is 11.4 Å². The zero-order chi connectivity index (χ0) is 26.5. The van der Waals surface area contributed by atoms with Gasteiger partial charge >= 0.3 is 0 Å². The van der Waals surface area contributed by atoms with E-state index in [-0.39, 0.29) is 6.42 Å². The van der Waals surface area contributed by atoms with Crippen LogP contribution in [0.5, 0.6) is 0 Å². The van der Waals surface area contributed by atoms with Crippen molar-refractivity contribution in [3.8, 4) is 5.69 Å². The average molecular weight is 528 g/mol. The first-order valence-electron chi connectivity index (χ1n) is 11.7. The number of amides is 2. The molecule has 0 saturated heterocycles. The van der Waals surface area contributed by atoms with Crippen LogP contribution in [0.3, 0.4) is 0 Å². The molecule has 0 unspecified atom stereocenters. The number of aromatic nitrogens is 5. The van der Waals surface area contributed by atoms with Crippen LogP contribution in [0.15, 0.2) is 83.7 Å². The zero-order valence-corrected chi connectivity index (χ0v) is 21.0. The van der Waals surface area contributed by atoms with Gasteiger partial charge in [0.2, 0.25) is 11.8 Å². The van der Waals surface area contributed by atoms with Gasteiger partial charge in [-0.2, -0.15) is 4.68 Å². The molecular formula is C27H22ClN7O3. The molecule has 38 heavy (non-hydrogen) atoms. The SMILES string of the molecule is Cc1cccc2c(NC(=O)[C@H](Cc3ccccc3)NC(=O)/C=C/c3cc(Cl)ccc3-n3cnnn3)noc12. The molecule has 5 rings (SSSR count). The Morgan fingerprint density at radius 1 is 1.11 bits per heavy atom. The van der Waals surface area contributed by atoms with E-state index in [1.165, 1.54) is 17.1 Å². The van der Waals surface area contributed by atoms with Crippen molar-refractivity contribution in [1.82, 2.24) is 30.7 Å². The molecule has 5 aromatic rings. The molecule has 11 heteroatoms. The van der Waals surface area contributed by atoms with E-state index in [2.05, 4.69) is 31.3 Å². The summed E-state index contributed by atoms with van der Waals surface area (Å²) >= 11 is 6.17. The minimum absolute atomic E-state index is 0.272. The predicted molar refractivity (Wildman–Crippen MR) is 143 cm³/mol. The Kier molecular flexibility index (Phi) is 7.23. The van der Waals surface area contributed by atoms with Crippen LogP contribution in [-0.2, 0) is 16.0 Å². The van der Waals surface area contributed by atoms with Gasteiger partial charge < -0.3 is 15.2 Å². The van der Waals surface area contributed by atoms with Gasteiger partial charge in [-0.05, 0) is 58.8 Å². The van der Waals surface area contributed by atoms with Crippen molar-refractivity contribution in [2.45, 2.75) is 19.4 Å². The fraction of sp³-hybridized carbons (Fsp3) is 0.111. The number of tetrazole rings is 1. The molecule has 2 heterocycles. The number of fused-ring (bicyclic) bond motifs is 1. The molecule has 3 aromatic carbocycles. The minimum Gasteiger partial charge on any atom is -0.354 e. The monoisotopic (exact) mass is 527 g/mol. The van der Waals surface area contributed by atoms with Crippen molar-refractivity contribution in [3.63, 3.8) is 0 Å². The van der Waals surface area contributed by atoms with E-state index in [1.807, 2.05) is 55.5 Å². The molecule has 0 aliphatic carbocycles. The number of anilines is 1. The minimum atomic E-state index is -0.885. The van der Waals surface area contributed by atoms with Crippen molar-refractivity contribution < 1.29 is 14.1 Å². The van der Waals surface area contributed by atoms with Crippen molar-refractivity contribution in [3.05, 3.63) is 101 Å². The summed E-state index contributed by atoms with van der Waals surface area (Å²) < 4.78 is 6.87. The normalized spacial score (nSPS) is 12.1. The van der Waals surface area contributed by atoms with E-state index in [4.69, 9.17) is 16.1 Å². The largest absolute Gasteiger partial charge is 0.354 e. The van der Waals surface area contributed by atoms with E-state index in [1.54, 1.807) is 24.3 Å². The predicted octanol–water partition coefficient (Wildman–Crippen LogP) is 4.14. The number of para-hydroxylation sites is 1. The smallest absolute Gasteiger partial charge is 0.248 e. The van der Waals surface area contributed by atoms with Crippen molar-refractivity contribution >= 4 is 46.3 Å². The number of benzene rings is 3. The molecule has 190 valence electrons. The van der Waals surface area contributed by atoms with Crippen molar-refractivity contribution in [2.75, 3.05) is 5.32 Å². The van der Waals surface area contributed by atoms with Gasteiger partial charge in [0, 0.05) is 23.1 Å². The van der Waals surface area contributed by atoms with E-state index >= 15 is 0 Å². The molecule has 2 aromatic heterocycles. The third-order valence-corrected chi connectivity index (χ3v) is 6.09. The highest BCUT2D eigenvalue weighted by atomic mass is 35.5. The Morgan fingerprint density at radius 3 is 2.74 bits per heavy atom. The summed E-state index contributed by atoms with van der Waals surface area (Å²) in [7, 11) is 0. The number of nitrogens with one attached hydrogen (secondary N) is 2. The summed E-state index contributed by atoms with van der Waals surface area (Å²) in [5.74, 6) is -0.601.